The molecule has 2 N–H and O–H groups in total. The van der Waals surface area contributed by atoms with E-state index in [-0.39, 0.29) is 18.2 Å². The van der Waals surface area contributed by atoms with E-state index in [1.165, 1.54) is 0 Å². The number of aromatic nitrogens is 1. The van der Waals surface area contributed by atoms with Crippen LogP contribution in [0.15, 0.2) is 79.1 Å². The Morgan fingerprint density at radius 3 is 2.17 bits per heavy atom. The second-order valence-electron chi connectivity index (χ2n) is 6.42. The van der Waals surface area contributed by atoms with Gasteiger partial charge in [-0.25, -0.2) is 0 Å². The quantitative estimate of drug-likeness (QED) is 0.589. The zero-order valence-corrected chi connectivity index (χ0v) is 16.0. The van der Waals surface area contributed by atoms with Crippen molar-refractivity contribution in [2.75, 3.05) is 6.61 Å². The maximum atomic E-state index is 12.2. The molecule has 0 fully saturated rings. The SMILES string of the molecule is O=C(CCOc1ccccc1)NCc1ccc(C(=O)NCc2ccncc2)cc1. The third kappa shape index (κ3) is 6.77. The summed E-state index contributed by atoms with van der Waals surface area (Å²) in [5.74, 6) is 0.522. The van der Waals surface area contributed by atoms with Crippen LogP contribution in [0.3, 0.4) is 0 Å². The summed E-state index contributed by atoms with van der Waals surface area (Å²) in [6, 6.07) is 20.3. The van der Waals surface area contributed by atoms with Crippen LogP contribution in [-0.2, 0) is 17.9 Å². The van der Waals surface area contributed by atoms with Crippen molar-refractivity contribution >= 4 is 11.8 Å². The van der Waals surface area contributed by atoms with Crippen molar-refractivity contribution in [1.82, 2.24) is 15.6 Å². The molecule has 0 atom stereocenters. The molecule has 2 aromatic carbocycles. The van der Waals surface area contributed by atoms with E-state index in [9.17, 15) is 9.59 Å². The van der Waals surface area contributed by atoms with Crippen LogP contribution in [0.25, 0.3) is 0 Å². The number of nitrogens with zero attached hydrogens (tertiary/aromatic N) is 1. The van der Waals surface area contributed by atoms with Gasteiger partial charge in [-0.15, -0.1) is 0 Å². The third-order valence-corrected chi connectivity index (χ3v) is 4.25. The summed E-state index contributed by atoms with van der Waals surface area (Å²) < 4.78 is 5.52. The highest BCUT2D eigenvalue weighted by atomic mass is 16.5. The van der Waals surface area contributed by atoms with Crippen LogP contribution in [-0.4, -0.2) is 23.4 Å². The Balaban J connectivity index is 1.38. The molecule has 3 aromatic rings. The van der Waals surface area contributed by atoms with Crippen molar-refractivity contribution in [1.29, 1.82) is 0 Å². The van der Waals surface area contributed by atoms with Gasteiger partial charge in [-0.2, -0.15) is 0 Å². The third-order valence-electron chi connectivity index (χ3n) is 4.25. The number of nitrogens with one attached hydrogen (secondary N) is 2. The largest absolute Gasteiger partial charge is 0.493 e. The van der Waals surface area contributed by atoms with Crippen LogP contribution >= 0.6 is 0 Å². The number of benzene rings is 2. The lowest BCUT2D eigenvalue weighted by Crippen LogP contribution is -2.25. The average Bonchev–Trinajstić information content (AvgIpc) is 2.78. The summed E-state index contributed by atoms with van der Waals surface area (Å²) in [4.78, 5) is 28.1. The van der Waals surface area contributed by atoms with Gasteiger partial charge in [0.15, 0.2) is 0 Å². The van der Waals surface area contributed by atoms with Gasteiger partial charge in [0, 0.05) is 31.0 Å². The molecule has 0 aliphatic rings. The van der Waals surface area contributed by atoms with Crippen molar-refractivity contribution in [2.45, 2.75) is 19.5 Å². The minimum atomic E-state index is -0.143. The number of rotatable bonds is 9. The Morgan fingerprint density at radius 1 is 0.793 bits per heavy atom. The predicted molar refractivity (Wildman–Crippen MR) is 110 cm³/mol. The highest BCUT2D eigenvalue weighted by molar-refractivity contribution is 5.94. The van der Waals surface area contributed by atoms with E-state index in [2.05, 4.69) is 15.6 Å². The lowest BCUT2D eigenvalue weighted by atomic mass is 10.1. The molecule has 0 unspecified atom stereocenters. The Hall–Kier alpha value is -3.67. The van der Waals surface area contributed by atoms with Crippen molar-refractivity contribution in [3.05, 3.63) is 95.8 Å². The molecule has 0 aliphatic carbocycles. The van der Waals surface area contributed by atoms with Crippen LogP contribution in [0.4, 0.5) is 0 Å². The number of pyridine rings is 1. The fraction of sp³-hybridized carbons (Fsp3) is 0.174. The molecule has 2 amide bonds. The van der Waals surface area contributed by atoms with Gasteiger partial charge in [-0.05, 0) is 47.5 Å². The number of amides is 2. The first-order valence-corrected chi connectivity index (χ1v) is 9.41. The van der Waals surface area contributed by atoms with Crippen LogP contribution in [0.2, 0.25) is 0 Å². The van der Waals surface area contributed by atoms with Gasteiger partial charge in [0.2, 0.25) is 5.91 Å². The summed E-state index contributed by atoms with van der Waals surface area (Å²) in [5.41, 5.74) is 2.49. The molecule has 1 heterocycles. The first-order chi connectivity index (χ1) is 14.2. The molecule has 0 bridgehead atoms. The number of para-hydroxylation sites is 1. The van der Waals surface area contributed by atoms with Gasteiger partial charge in [0.05, 0.1) is 13.0 Å². The Kier molecular flexibility index (Phi) is 7.34. The van der Waals surface area contributed by atoms with Gasteiger partial charge in [0.1, 0.15) is 5.75 Å². The molecule has 1 aromatic heterocycles. The smallest absolute Gasteiger partial charge is 0.251 e. The maximum Gasteiger partial charge on any atom is 0.251 e. The number of carbonyl (C=O) groups is 2. The van der Waals surface area contributed by atoms with Crippen LogP contribution < -0.4 is 15.4 Å². The van der Waals surface area contributed by atoms with E-state index < -0.39 is 0 Å². The maximum absolute atomic E-state index is 12.2. The van der Waals surface area contributed by atoms with E-state index in [0.717, 1.165) is 16.9 Å². The van der Waals surface area contributed by atoms with Crippen LogP contribution in [0, 0.1) is 0 Å². The monoisotopic (exact) mass is 389 g/mol. The first-order valence-electron chi connectivity index (χ1n) is 9.41. The molecule has 0 saturated carbocycles. The van der Waals surface area contributed by atoms with Crippen molar-refractivity contribution < 1.29 is 14.3 Å². The van der Waals surface area contributed by atoms with Crippen molar-refractivity contribution in [3.63, 3.8) is 0 Å². The molecule has 0 aliphatic heterocycles. The Bertz CT molecular complexity index is 913. The second kappa shape index (κ2) is 10.6. The second-order valence-corrected chi connectivity index (χ2v) is 6.42. The minimum absolute atomic E-state index is 0.0832. The van der Waals surface area contributed by atoms with Crippen molar-refractivity contribution in [3.8, 4) is 5.75 Å². The van der Waals surface area contributed by atoms with Gasteiger partial charge < -0.3 is 15.4 Å². The lowest BCUT2D eigenvalue weighted by molar-refractivity contribution is -0.121. The van der Waals surface area contributed by atoms with E-state index in [1.807, 2.05) is 54.6 Å². The molecule has 29 heavy (non-hydrogen) atoms. The fourth-order valence-corrected chi connectivity index (χ4v) is 2.63. The molecule has 6 nitrogen and oxygen atoms in total. The van der Waals surface area contributed by atoms with E-state index in [1.54, 1.807) is 24.5 Å². The standard InChI is InChI=1S/C23H23N3O3/c27-22(12-15-29-21-4-2-1-3-5-21)25-16-18-6-8-20(9-7-18)23(28)26-17-19-10-13-24-14-11-19/h1-11,13-14H,12,15-17H2,(H,25,27)(H,26,28). The number of hydrogen-bond acceptors (Lipinski definition) is 4. The lowest BCUT2D eigenvalue weighted by Gasteiger charge is -2.08. The number of ether oxygens (including phenoxy) is 1. The number of carbonyl (C=O) groups excluding carboxylic acids is 2. The Morgan fingerprint density at radius 2 is 1.45 bits per heavy atom. The van der Waals surface area contributed by atoms with Gasteiger partial charge >= 0.3 is 0 Å². The molecule has 6 heteroatoms. The highest BCUT2D eigenvalue weighted by Gasteiger charge is 2.06. The van der Waals surface area contributed by atoms with Crippen molar-refractivity contribution in [2.24, 2.45) is 0 Å². The molecule has 3 rings (SSSR count). The molecule has 0 spiro atoms. The highest BCUT2D eigenvalue weighted by Crippen LogP contribution is 2.08. The van der Waals surface area contributed by atoms with Gasteiger partial charge in [0.25, 0.3) is 5.91 Å². The topological polar surface area (TPSA) is 80.3 Å². The molecule has 148 valence electrons. The van der Waals surface area contributed by atoms with Crippen LogP contribution in [0.1, 0.15) is 27.9 Å². The van der Waals surface area contributed by atoms with Gasteiger partial charge in [-0.1, -0.05) is 30.3 Å². The van der Waals surface area contributed by atoms with E-state index >= 15 is 0 Å². The number of hydrogen-bond donors (Lipinski definition) is 2. The van der Waals surface area contributed by atoms with Gasteiger partial charge in [-0.3, -0.25) is 14.6 Å². The zero-order valence-electron chi connectivity index (χ0n) is 16.0. The van der Waals surface area contributed by atoms with E-state index in [4.69, 9.17) is 4.74 Å². The predicted octanol–water partition coefficient (Wildman–Crippen LogP) is 3.10. The molecule has 0 saturated heterocycles. The summed E-state index contributed by atoms with van der Waals surface area (Å²) in [6.07, 6.45) is 3.67. The molecule has 0 radical (unpaired) electrons. The zero-order chi connectivity index (χ0) is 20.3. The summed E-state index contributed by atoms with van der Waals surface area (Å²) >= 11 is 0. The van der Waals surface area contributed by atoms with Crippen LogP contribution in [0.5, 0.6) is 5.75 Å². The average molecular weight is 389 g/mol. The summed E-state index contributed by atoms with van der Waals surface area (Å²) in [6.45, 7) is 1.18. The van der Waals surface area contributed by atoms with E-state index in [0.29, 0.717) is 25.3 Å². The normalized spacial score (nSPS) is 10.2. The Labute approximate surface area is 169 Å². The fourth-order valence-electron chi connectivity index (χ4n) is 2.63. The minimum Gasteiger partial charge on any atom is -0.493 e. The molecular weight excluding hydrogens is 366 g/mol. The summed E-state index contributed by atoms with van der Waals surface area (Å²) in [5, 5.41) is 5.73. The first kappa shape index (κ1) is 20.1. The summed E-state index contributed by atoms with van der Waals surface area (Å²) in [7, 11) is 0. The molecular formula is C23H23N3O3.